The van der Waals surface area contributed by atoms with Gasteiger partial charge in [0.2, 0.25) is 0 Å². The lowest BCUT2D eigenvalue weighted by atomic mass is 10.1. The van der Waals surface area contributed by atoms with Gasteiger partial charge >= 0.3 is 0 Å². The standard InChI is InChI=1S/C17H25N7O/c1-13-3-4-15(11-19-13)14(2)20-17(25)16-12-24(22-21-16)10-9-23-7-5-18-6-8-23/h3-4,11-12,14,18H,5-10H2,1-2H3,(H,20,25)/t14-/m0/s1. The van der Waals surface area contributed by atoms with Crippen molar-refractivity contribution in [3.8, 4) is 0 Å². The molecule has 1 fully saturated rings. The summed E-state index contributed by atoms with van der Waals surface area (Å²) in [4.78, 5) is 19.0. The SMILES string of the molecule is Cc1ccc([C@H](C)NC(=O)c2cn(CCN3CCNCC3)nn2)cn1. The van der Waals surface area contributed by atoms with E-state index in [1.807, 2.05) is 26.0 Å². The Bertz CT molecular complexity index is 691. The molecule has 0 spiro atoms. The first-order valence-corrected chi connectivity index (χ1v) is 8.68. The van der Waals surface area contributed by atoms with Crippen LogP contribution in [-0.2, 0) is 6.54 Å². The zero-order chi connectivity index (χ0) is 17.6. The second-order valence-electron chi connectivity index (χ2n) is 6.39. The van der Waals surface area contributed by atoms with Gasteiger partial charge < -0.3 is 10.6 Å². The maximum atomic E-state index is 12.3. The molecule has 8 nitrogen and oxygen atoms in total. The highest BCUT2D eigenvalue weighted by atomic mass is 16.2. The molecule has 3 rings (SSSR count). The van der Waals surface area contributed by atoms with Gasteiger partial charge in [-0.3, -0.25) is 19.4 Å². The lowest BCUT2D eigenvalue weighted by Crippen LogP contribution is -2.44. The molecule has 1 saturated heterocycles. The van der Waals surface area contributed by atoms with Crippen molar-refractivity contribution in [2.75, 3.05) is 32.7 Å². The molecule has 0 saturated carbocycles. The fraction of sp³-hybridized carbons (Fsp3) is 0.529. The summed E-state index contributed by atoms with van der Waals surface area (Å²) in [7, 11) is 0. The molecule has 1 aliphatic rings. The van der Waals surface area contributed by atoms with Gasteiger partial charge in [0.25, 0.3) is 5.91 Å². The monoisotopic (exact) mass is 343 g/mol. The Morgan fingerprint density at radius 2 is 2.12 bits per heavy atom. The molecule has 0 aromatic carbocycles. The number of aryl methyl sites for hydroxylation is 1. The quantitative estimate of drug-likeness (QED) is 0.788. The van der Waals surface area contributed by atoms with Crippen LogP contribution >= 0.6 is 0 Å². The molecule has 0 aliphatic carbocycles. The molecule has 2 aromatic heterocycles. The molecule has 1 aliphatic heterocycles. The van der Waals surface area contributed by atoms with Crippen LogP contribution in [0.2, 0.25) is 0 Å². The highest BCUT2D eigenvalue weighted by Gasteiger charge is 2.16. The number of carbonyl (C=O) groups is 1. The Hall–Kier alpha value is -2.32. The summed E-state index contributed by atoms with van der Waals surface area (Å²) in [5.74, 6) is -0.221. The third-order valence-electron chi connectivity index (χ3n) is 4.41. The summed E-state index contributed by atoms with van der Waals surface area (Å²) in [5, 5.41) is 14.3. The molecular formula is C17H25N7O. The number of nitrogens with zero attached hydrogens (tertiary/aromatic N) is 5. The maximum Gasteiger partial charge on any atom is 0.273 e. The van der Waals surface area contributed by atoms with Gasteiger partial charge in [0, 0.05) is 44.6 Å². The van der Waals surface area contributed by atoms with Crippen molar-refractivity contribution in [1.29, 1.82) is 0 Å². The number of rotatable bonds is 6. The average Bonchev–Trinajstić information content (AvgIpc) is 3.10. The highest BCUT2D eigenvalue weighted by molar-refractivity contribution is 5.92. The highest BCUT2D eigenvalue weighted by Crippen LogP contribution is 2.11. The van der Waals surface area contributed by atoms with Crippen molar-refractivity contribution < 1.29 is 4.79 Å². The average molecular weight is 343 g/mol. The molecule has 25 heavy (non-hydrogen) atoms. The number of piperazine rings is 1. The summed E-state index contributed by atoms with van der Waals surface area (Å²) in [6.45, 7) is 9.65. The molecule has 0 unspecified atom stereocenters. The van der Waals surface area contributed by atoms with E-state index in [4.69, 9.17) is 0 Å². The molecule has 0 bridgehead atoms. The molecule has 8 heteroatoms. The van der Waals surface area contributed by atoms with Crippen LogP contribution in [-0.4, -0.2) is 63.5 Å². The predicted molar refractivity (Wildman–Crippen MR) is 94.2 cm³/mol. The van der Waals surface area contributed by atoms with Crippen LogP contribution in [0.3, 0.4) is 0 Å². The van der Waals surface area contributed by atoms with Gasteiger partial charge in [-0.05, 0) is 25.5 Å². The molecule has 134 valence electrons. The van der Waals surface area contributed by atoms with Crippen molar-refractivity contribution in [2.24, 2.45) is 0 Å². The minimum Gasteiger partial charge on any atom is -0.344 e. The number of hydrogen-bond acceptors (Lipinski definition) is 6. The van der Waals surface area contributed by atoms with Crippen molar-refractivity contribution in [2.45, 2.75) is 26.4 Å². The summed E-state index contributed by atoms with van der Waals surface area (Å²) in [5.41, 5.74) is 2.26. The van der Waals surface area contributed by atoms with E-state index in [9.17, 15) is 4.79 Å². The van der Waals surface area contributed by atoms with Gasteiger partial charge in [-0.2, -0.15) is 0 Å². The predicted octanol–water partition coefficient (Wildman–Crippen LogP) is 0.378. The lowest BCUT2D eigenvalue weighted by Gasteiger charge is -2.26. The largest absolute Gasteiger partial charge is 0.344 e. The van der Waals surface area contributed by atoms with Crippen LogP contribution in [0.5, 0.6) is 0 Å². The molecule has 3 heterocycles. The van der Waals surface area contributed by atoms with Crippen molar-refractivity contribution >= 4 is 5.91 Å². The number of pyridine rings is 1. The minimum absolute atomic E-state index is 0.133. The Labute approximate surface area is 147 Å². The normalized spacial score (nSPS) is 16.6. The van der Waals surface area contributed by atoms with Crippen LogP contribution in [0.15, 0.2) is 24.5 Å². The van der Waals surface area contributed by atoms with E-state index < -0.39 is 0 Å². The molecule has 1 amide bonds. The molecule has 2 aromatic rings. The smallest absolute Gasteiger partial charge is 0.273 e. The van der Waals surface area contributed by atoms with E-state index in [2.05, 4.69) is 30.8 Å². The van der Waals surface area contributed by atoms with Crippen LogP contribution < -0.4 is 10.6 Å². The molecule has 0 radical (unpaired) electrons. The van der Waals surface area contributed by atoms with Gasteiger partial charge in [0.1, 0.15) is 0 Å². The Morgan fingerprint density at radius 3 is 2.84 bits per heavy atom. The van der Waals surface area contributed by atoms with E-state index in [1.54, 1.807) is 17.1 Å². The molecular weight excluding hydrogens is 318 g/mol. The summed E-state index contributed by atoms with van der Waals surface area (Å²) in [6, 6.07) is 3.77. The zero-order valence-electron chi connectivity index (χ0n) is 14.8. The van der Waals surface area contributed by atoms with Crippen LogP contribution in [0.25, 0.3) is 0 Å². The number of amides is 1. The van der Waals surface area contributed by atoms with Crippen LogP contribution in [0.1, 0.15) is 34.7 Å². The van der Waals surface area contributed by atoms with E-state index in [0.717, 1.165) is 50.5 Å². The third-order valence-corrected chi connectivity index (χ3v) is 4.41. The molecule has 1 atom stereocenters. The van der Waals surface area contributed by atoms with Gasteiger partial charge in [-0.15, -0.1) is 5.10 Å². The third kappa shape index (κ3) is 4.83. The fourth-order valence-electron chi connectivity index (χ4n) is 2.78. The second-order valence-corrected chi connectivity index (χ2v) is 6.39. The summed E-state index contributed by atoms with van der Waals surface area (Å²) < 4.78 is 1.73. The summed E-state index contributed by atoms with van der Waals surface area (Å²) >= 11 is 0. The first-order chi connectivity index (χ1) is 12.1. The van der Waals surface area contributed by atoms with Crippen LogP contribution in [0, 0.1) is 6.92 Å². The van der Waals surface area contributed by atoms with Crippen molar-refractivity contribution in [1.82, 2.24) is 35.5 Å². The lowest BCUT2D eigenvalue weighted by molar-refractivity contribution is 0.0934. The van der Waals surface area contributed by atoms with Gasteiger partial charge in [-0.25, -0.2) is 0 Å². The minimum atomic E-state index is -0.221. The Balaban J connectivity index is 1.52. The fourth-order valence-corrected chi connectivity index (χ4v) is 2.78. The van der Waals surface area contributed by atoms with E-state index in [1.165, 1.54) is 0 Å². The molecule has 2 N–H and O–H groups in total. The second kappa shape index (κ2) is 8.17. The van der Waals surface area contributed by atoms with Crippen molar-refractivity contribution in [3.05, 3.63) is 41.5 Å². The first kappa shape index (κ1) is 17.5. The van der Waals surface area contributed by atoms with Crippen molar-refractivity contribution in [3.63, 3.8) is 0 Å². The number of carbonyl (C=O) groups excluding carboxylic acids is 1. The topological polar surface area (TPSA) is 88.0 Å². The number of nitrogens with one attached hydrogen (secondary N) is 2. The van der Waals surface area contributed by atoms with E-state index in [-0.39, 0.29) is 11.9 Å². The zero-order valence-corrected chi connectivity index (χ0v) is 14.8. The van der Waals surface area contributed by atoms with Crippen LogP contribution in [0.4, 0.5) is 0 Å². The maximum absolute atomic E-state index is 12.3. The van der Waals surface area contributed by atoms with Gasteiger partial charge in [0.05, 0.1) is 18.8 Å². The van der Waals surface area contributed by atoms with Gasteiger partial charge in [0.15, 0.2) is 5.69 Å². The Kier molecular flexibility index (Phi) is 5.72. The summed E-state index contributed by atoms with van der Waals surface area (Å²) in [6.07, 6.45) is 3.49. The Morgan fingerprint density at radius 1 is 1.32 bits per heavy atom. The number of hydrogen-bond donors (Lipinski definition) is 2. The first-order valence-electron chi connectivity index (χ1n) is 8.68. The number of aromatic nitrogens is 4. The van der Waals surface area contributed by atoms with E-state index in [0.29, 0.717) is 5.69 Å². The van der Waals surface area contributed by atoms with E-state index >= 15 is 0 Å². The van der Waals surface area contributed by atoms with Gasteiger partial charge in [-0.1, -0.05) is 11.3 Å².